The fourth-order valence-electron chi connectivity index (χ4n) is 3.18. The number of hydrogen-bond donors (Lipinski definition) is 1. The minimum absolute atomic E-state index is 0.0774. The smallest absolute Gasteiger partial charge is 0.254 e. The average molecular weight is 401 g/mol. The minimum atomic E-state index is -3.70. The van der Waals surface area contributed by atoms with Gasteiger partial charge in [-0.05, 0) is 55.4 Å². The third kappa shape index (κ3) is 5.20. The number of carbonyl (C=O) groups is 1. The highest BCUT2D eigenvalue weighted by Gasteiger charge is 2.28. The first kappa shape index (κ1) is 20.6. The van der Waals surface area contributed by atoms with E-state index in [0.29, 0.717) is 18.0 Å². The Balaban J connectivity index is 1.80. The van der Waals surface area contributed by atoms with Gasteiger partial charge in [0.15, 0.2) is 0 Å². The zero-order valence-corrected chi connectivity index (χ0v) is 17.3. The van der Waals surface area contributed by atoms with Gasteiger partial charge in [0.25, 0.3) is 5.91 Å². The van der Waals surface area contributed by atoms with Crippen LogP contribution in [0.25, 0.3) is 0 Å². The second-order valence-electron chi connectivity index (χ2n) is 7.48. The molecule has 2 aromatic carbocycles. The van der Waals surface area contributed by atoms with Gasteiger partial charge < -0.3 is 4.90 Å². The van der Waals surface area contributed by atoms with Crippen molar-refractivity contribution < 1.29 is 13.2 Å². The van der Waals surface area contributed by atoms with Gasteiger partial charge in [0.05, 0.1) is 4.90 Å². The van der Waals surface area contributed by atoms with E-state index in [0.717, 1.165) is 24.1 Å². The number of nitrogens with one attached hydrogen (secondary N) is 1. The fourth-order valence-corrected chi connectivity index (χ4v) is 4.23. The normalized spacial score (nSPS) is 14.1. The van der Waals surface area contributed by atoms with Gasteiger partial charge in [-0.25, -0.2) is 13.1 Å². The number of nitrogens with zero attached hydrogens (tertiary/aromatic N) is 1. The quantitative estimate of drug-likeness (QED) is 0.697. The van der Waals surface area contributed by atoms with E-state index in [1.54, 1.807) is 12.1 Å². The lowest BCUT2D eigenvalue weighted by Crippen LogP contribution is -2.34. The summed E-state index contributed by atoms with van der Waals surface area (Å²) in [5.74, 6) is 0.515. The molecular weight excluding hydrogens is 372 g/mol. The predicted molar refractivity (Wildman–Crippen MR) is 111 cm³/mol. The largest absolute Gasteiger partial charge is 0.338 e. The molecule has 0 bridgehead atoms. The predicted octanol–water partition coefficient (Wildman–Crippen LogP) is 3.74. The molecular formula is C22H28N2O3S. The number of sulfonamides is 1. The summed E-state index contributed by atoms with van der Waals surface area (Å²) in [5.41, 5.74) is 2.15. The van der Waals surface area contributed by atoms with Gasteiger partial charge in [0.2, 0.25) is 10.0 Å². The molecule has 6 heteroatoms. The summed E-state index contributed by atoms with van der Waals surface area (Å²) in [6.07, 6.45) is 3.22. The van der Waals surface area contributed by atoms with Crippen LogP contribution in [0.1, 0.15) is 47.7 Å². The van der Waals surface area contributed by atoms with Crippen LogP contribution in [-0.4, -0.2) is 32.3 Å². The molecule has 1 aliphatic carbocycles. The van der Waals surface area contributed by atoms with Crippen LogP contribution >= 0.6 is 0 Å². The average Bonchev–Trinajstić information content (AvgIpc) is 3.51. The van der Waals surface area contributed by atoms with Gasteiger partial charge in [-0.2, -0.15) is 0 Å². The Kier molecular flexibility index (Phi) is 6.52. The number of rotatable bonds is 9. The maximum Gasteiger partial charge on any atom is 0.254 e. The lowest BCUT2D eigenvalue weighted by Gasteiger charge is -2.23. The number of carbonyl (C=O) groups excluding carboxylic acids is 1. The zero-order chi connectivity index (χ0) is 20.1. The molecule has 0 heterocycles. The standard InChI is InChI=1S/C22H28N2O3S/c1-3-13-24(16-19-10-11-19)22(25)21-14-20(12-9-17(21)2)28(26,27)23-15-18-7-5-4-6-8-18/h4-9,12,14,19,23H,3,10-11,13,15-16H2,1-2H3. The monoisotopic (exact) mass is 400 g/mol. The maximum absolute atomic E-state index is 13.1. The molecule has 150 valence electrons. The van der Waals surface area contributed by atoms with Gasteiger partial charge >= 0.3 is 0 Å². The first-order chi connectivity index (χ1) is 13.4. The van der Waals surface area contributed by atoms with Crippen molar-refractivity contribution in [3.05, 3.63) is 65.2 Å². The molecule has 2 aromatic rings. The van der Waals surface area contributed by atoms with E-state index in [1.807, 2.05) is 42.2 Å². The Morgan fingerprint density at radius 3 is 2.50 bits per heavy atom. The Morgan fingerprint density at radius 2 is 1.86 bits per heavy atom. The molecule has 1 fully saturated rings. The van der Waals surface area contributed by atoms with Crippen molar-refractivity contribution in [2.45, 2.75) is 44.6 Å². The summed E-state index contributed by atoms with van der Waals surface area (Å²) >= 11 is 0. The Hall–Kier alpha value is -2.18. The van der Waals surface area contributed by atoms with E-state index in [2.05, 4.69) is 11.6 Å². The van der Waals surface area contributed by atoms with E-state index in [4.69, 9.17) is 0 Å². The topological polar surface area (TPSA) is 66.5 Å². The summed E-state index contributed by atoms with van der Waals surface area (Å²) < 4.78 is 28.1. The van der Waals surface area contributed by atoms with E-state index in [1.165, 1.54) is 18.9 Å². The highest BCUT2D eigenvalue weighted by molar-refractivity contribution is 7.89. The lowest BCUT2D eigenvalue weighted by atomic mass is 10.1. The summed E-state index contributed by atoms with van der Waals surface area (Å²) in [4.78, 5) is 15.1. The van der Waals surface area contributed by atoms with Crippen molar-refractivity contribution in [1.82, 2.24) is 9.62 Å². The van der Waals surface area contributed by atoms with Crippen LogP contribution in [0.15, 0.2) is 53.4 Å². The molecule has 1 N–H and O–H groups in total. The van der Waals surface area contributed by atoms with Crippen LogP contribution in [0, 0.1) is 12.8 Å². The first-order valence-electron chi connectivity index (χ1n) is 9.84. The van der Waals surface area contributed by atoms with Crippen molar-refractivity contribution in [3.8, 4) is 0 Å². The molecule has 1 aliphatic rings. The molecule has 1 amide bonds. The molecule has 0 spiro atoms. The molecule has 0 radical (unpaired) electrons. The van der Waals surface area contributed by atoms with Crippen molar-refractivity contribution in [3.63, 3.8) is 0 Å². The first-order valence-corrected chi connectivity index (χ1v) is 11.3. The van der Waals surface area contributed by atoms with Crippen LogP contribution in [0.3, 0.4) is 0 Å². The number of amides is 1. The molecule has 1 saturated carbocycles. The Bertz CT molecular complexity index is 922. The van der Waals surface area contributed by atoms with Crippen molar-refractivity contribution in [1.29, 1.82) is 0 Å². The van der Waals surface area contributed by atoms with Gasteiger partial charge in [-0.3, -0.25) is 4.79 Å². The third-order valence-corrected chi connectivity index (χ3v) is 6.41. The van der Waals surface area contributed by atoms with Crippen LogP contribution in [0.2, 0.25) is 0 Å². The van der Waals surface area contributed by atoms with E-state index >= 15 is 0 Å². The van der Waals surface area contributed by atoms with Gasteiger partial charge in [0, 0.05) is 25.2 Å². The summed E-state index contributed by atoms with van der Waals surface area (Å²) in [7, 11) is -3.70. The number of benzene rings is 2. The van der Waals surface area contributed by atoms with E-state index in [9.17, 15) is 13.2 Å². The highest BCUT2D eigenvalue weighted by Crippen LogP contribution is 2.30. The van der Waals surface area contributed by atoms with Crippen molar-refractivity contribution in [2.24, 2.45) is 5.92 Å². The number of hydrogen-bond acceptors (Lipinski definition) is 3. The van der Waals surface area contributed by atoms with Crippen LogP contribution in [0.5, 0.6) is 0 Å². The summed E-state index contributed by atoms with van der Waals surface area (Å²) in [6, 6.07) is 14.2. The van der Waals surface area contributed by atoms with Crippen molar-refractivity contribution >= 4 is 15.9 Å². The SMILES string of the molecule is CCCN(CC1CC1)C(=O)c1cc(S(=O)(=O)NCc2ccccc2)ccc1C. The molecule has 5 nitrogen and oxygen atoms in total. The van der Waals surface area contributed by atoms with Crippen LogP contribution in [0.4, 0.5) is 0 Å². The van der Waals surface area contributed by atoms with Crippen LogP contribution < -0.4 is 4.72 Å². The second-order valence-corrected chi connectivity index (χ2v) is 9.25. The Morgan fingerprint density at radius 1 is 1.14 bits per heavy atom. The molecule has 28 heavy (non-hydrogen) atoms. The Labute approximate surface area is 167 Å². The van der Waals surface area contributed by atoms with E-state index < -0.39 is 10.0 Å². The molecule has 0 aromatic heterocycles. The van der Waals surface area contributed by atoms with Gasteiger partial charge in [0.1, 0.15) is 0 Å². The summed E-state index contributed by atoms with van der Waals surface area (Å²) in [6.45, 7) is 5.56. The van der Waals surface area contributed by atoms with E-state index in [-0.39, 0.29) is 17.3 Å². The molecule has 0 aliphatic heterocycles. The maximum atomic E-state index is 13.1. The third-order valence-electron chi connectivity index (χ3n) is 5.02. The molecule has 3 rings (SSSR count). The number of aryl methyl sites for hydroxylation is 1. The fraction of sp³-hybridized carbons (Fsp3) is 0.409. The van der Waals surface area contributed by atoms with Crippen LogP contribution in [-0.2, 0) is 16.6 Å². The molecule has 0 atom stereocenters. The highest BCUT2D eigenvalue weighted by atomic mass is 32.2. The van der Waals surface area contributed by atoms with Gasteiger partial charge in [-0.1, -0.05) is 43.3 Å². The van der Waals surface area contributed by atoms with Gasteiger partial charge in [-0.15, -0.1) is 0 Å². The van der Waals surface area contributed by atoms with Crippen molar-refractivity contribution in [2.75, 3.05) is 13.1 Å². The zero-order valence-electron chi connectivity index (χ0n) is 16.5. The minimum Gasteiger partial charge on any atom is -0.338 e. The summed E-state index contributed by atoms with van der Waals surface area (Å²) in [5, 5.41) is 0. The lowest BCUT2D eigenvalue weighted by molar-refractivity contribution is 0.0746. The second kappa shape index (κ2) is 8.88. The molecule has 0 unspecified atom stereocenters. The molecule has 0 saturated heterocycles.